The number of hydrazone groups is 1. The topological polar surface area (TPSA) is 106 Å². The van der Waals surface area contributed by atoms with Crippen molar-refractivity contribution < 1.29 is 23.9 Å². The maximum atomic E-state index is 12.4. The van der Waals surface area contributed by atoms with Gasteiger partial charge in [-0.1, -0.05) is 42.8 Å². The zero-order valence-corrected chi connectivity index (χ0v) is 19.1. The summed E-state index contributed by atoms with van der Waals surface area (Å²) in [6.07, 6.45) is 2.06. The molecule has 3 aromatic rings. The van der Waals surface area contributed by atoms with Crippen molar-refractivity contribution in [2.75, 3.05) is 12.4 Å². The number of rotatable bonds is 7. The van der Waals surface area contributed by atoms with Crippen molar-refractivity contribution in [1.29, 1.82) is 0 Å². The van der Waals surface area contributed by atoms with E-state index in [9.17, 15) is 14.4 Å². The molecule has 0 aromatic heterocycles. The molecule has 8 heteroatoms. The molecule has 174 valence electrons. The molecule has 0 fully saturated rings. The first-order chi connectivity index (χ1) is 16.4. The molecular weight excluding hydrogens is 434 g/mol. The van der Waals surface area contributed by atoms with E-state index in [1.165, 1.54) is 13.3 Å². The second kappa shape index (κ2) is 11.4. The normalized spacial score (nSPS) is 10.6. The van der Waals surface area contributed by atoms with Gasteiger partial charge in [0.2, 0.25) is 0 Å². The highest BCUT2D eigenvalue weighted by Crippen LogP contribution is 2.28. The van der Waals surface area contributed by atoms with E-state index in [0.717, 1.165) is 11.1 Å². The second-order valence-corrected chi connectivity index (χ2v) is 7.33. The van der Waals surface area contributed by atoms with Gasteiger partial charge in [-0.2, -0.15) is 5.10 Å². The van der Waals surface area contributed by atoms with Crippen molar-refractivity contribution in [3.63, 3.8) is 0 Å². The summed E-state index contributed by atoms with van der Waals surface area (Å²) in [5, 5.41) is 6.40. The van der Waals surface area contributed by atoms with Crippen LogP contribution >= 0.6 is 0 Å². The molecule has 3 rings (SSSR count). The fraction of sp³-hybridized carbons (Fsp3) is 0.154. The first-order valence-corrected chi connectivity index (χ1v) is 10.6. The van der Waals surface area contributed by atoms with Gasteiger partial charge in [0.05, 0.1) is 18.9 Å². The van der Waals surface area contributed by atoms with Crippen molar-refractivity contribution in [3.05, 3.63) is 89.0 Å². The number of hydrogen-bond donors (Lipinski definition) is 2. The Kier molecular flexibility index (Phi) is 8.12. The molecule has 0 heterocycles. The lowest BCUT2D eigenvalue weighted by molar-refractivity contribution is -0.136. The van der Waals surface area contributed by atoms with Crippen molar-refractivity contribution >= 4 is 29.7 Å². The number of hydrogen-bond acceptors (Lipinski definition) is 6. The van der Waals surface area contributed by atoms with Crippen LogP contribution in [-0.2, 0) is 16.0 Å². The number of ether oxygens (including phenoxy) is 2. The molecule has 2 amide bonds. The summed E-state index contributed by atoms with van der Waals surface area (Å²) in [6.45, 7) is 3.84. The van der Waals surface area contributed by atoms with E-state index >= 15 is 0 Å². The van der Waals surface area contributed by atoms with Crippen LogP contribution in [0.2, 0.25) is 0 Å². The number of carbonyl (C=O) groups is 3. The maximum absolute atomic E-state index is 12.4. The molecule has 34 heavy (non-hydrogen) atoms. The zero-order chi connectivity index (χ0) is 24.5. The minimum Gasteiger partial charge on any atom is -0.493 e. The smallest absolute Gasteiger partial charge is 0.343 e. The monoisotopic (exact) mass is 459 g/mol. The lowest BCUT2D eigenvalue weighted by atomic mass is 10.1. The Labute approximate surface area is 197 Å². The minimum atomic E-state index is -0.905. The SMILES string of the molecule is CCc1ccccc1NC(=O)C(=O)N/N=C/c1ccc(OC(=O)c2cccc(C)c2)c(OC)c1. The summed E-state index contributed by atoms with van der Waals surface area (Å²) < 4.78 is 10.8. The van der Waals surface area contributed by atoms with Crippen LogP contribution in [0, 0.1) is 6.92 Å². The van der Waals surface area contributed by atoms with Crippen LogP contribution in [0.1, 0.15) is 34.0 Å². The Morgan fingerprint density at radius 1 is 0.941 bits per heavy atom. The van der Waals surface area contributed by atoms with E-state index in [4.69, 9.17) is 9.47 Å². The average molecular weight is 460 g/mol. The van der Waals surface area contributed by atoms with Gasteiger partial charge < -0.3 is 14.8 Å². The van der Waals surface area contributed by atoms with Crippen LogP contribution in [0.15, 0.2) is 71.8 Å². The molecule has 0 atom stereocenters. The molecule has 0 saturated carbocycles. The van der Waals surface area contributed by atoms with Crippen LogP contribution < -0.4 is 20.2 Å². The van der Waals surface area contributed by atoms with Crippen LogP contribution in [0.25, 0.3) is 0 Å². The van der Waals surface area contributed by atoms with Gasteiger partial charge in [-0.05, 0) is 60.9 Å². The lowest BCUT2D eigenvalue weighted by Crippen LogP contribution is -2.32. The molecule has 2 N–H and O–H groups in total. The highest BCUT2D eigenvalue weighted by atomic mass is 16.6. The first kappa shape index (κ1) is 24.2. The number of benzene rings is 3. The standard InChI is InChI=1S/C26H25N3O5/c1-4-19-9-5-6-11-21(19)28-24(30)25(31)29-27-16-18-12-13-22(23(15-18)33-3)34-26(32)20-10-7-8-17(2)14-20/h5-16H,4H2,1-3H3,(H,28,30)(H,29,31)/b27-16+. The Morgan fingerprint density at radius 2 is 1.74 bits per heavy atom. The van der Waals surface area contributed by atoms with Crippen molar-refractivity contribution in [2.24, 2.45) is 5.10 Å². The fourth-order valence-electron chi connectivity index (χ4n) is 3.13. The number of nitrogens with zero attached hydrogens (tertiary/aromatic N) is 1. The Hall–Kier alpha value is -4.46. The minimum absolute atomic E-state index is 0.240. The third kappa shape index (κ3) is 6.29. The predicted molar refractivity (Wildman–Crippen MR) is 129 cm³/mol. The molecule has 0 saturated heterocycles. The van der Waals surface area contributed by atoms with E-state index < -0.39 is 17.8 Å². The Bertz CT molecular complexity index is 1240. The van der Waals surface area contributed by atoms with E-state index in [-0.39, 0.29) is 5.75 Å². The van der Waals surface area contributed by atoms with Gasteiger partial charge in [0.1, 0.15) is 0 Å². The van der Waals surface area contributed by atoms with Crippen molar-refractivity contribution in [1.82, 2.24) is 5.43 Å². The van der Waals surface area contributed by atoms with E-state index in [2.05, 4.69) is 15.8 Å². The van der Waals surface area contributed by atoms with Crippen LogP contribution in [0.3, 0.4) is 0 Å². The summed E-state index contributed by atoms with van der Waals surface area (Å²) in [5.41, 5.74) is 5.62. The van der Waals surface area contributed by atoms with Gasteiger partial charge in [-0.25, -0.2) is 10.2 Å². The van der Waals surface area contributed by atoms with E-state index in [0.29, 0.717) is 29.0 Å². The highest BCUT2D eigenvalue weighted by Gasteiger charge is 2.15. The van der Waals surface area contributed by atoms with Gasteiger partial charge in [0.15, 0.2) is 11.5 Å². The Morgan fingerprint density at radius 3 is 2.47 bits per heavy atom. The maximum Gasteiger partial charge on any atom is 0.343 e. The van der Waals surface area contributed by atoms with Gasteiger partial charge in [0.25, 0.3) is 0 Å². The van der Waals surface area contributed by atoms with Gasteiger partial charge in [0, 0.05) is 5.69 Å². The first-order valence-electron chi connectivity index (χ1n) is 10.6. The van der Waals surface area contributed by atoms with E-state index in [1.807, 2.05) is 32.0 Å². The van der Waals surface area contributed by atoms with Gasteiger partial charge in [-0.3, -0.25) is 9.59 Å². The van der Waals surface area contributed by atoms with Gasteiger partial charge in [-0.15, -0.1) is 0 Å². The fourth-order valence-corrected chi connectivity index (χ4v) is 3.13. The van der Waals surface area contributed by atoms with Crippen LogP contribution in [0.4, 0.5) is 5.69 Å². The summed E-state index contributed by atoms with van der Waals surface area (Å²) in [6, 6.07) is 19.1. The number of amides is 2. The largest absolute Gasteiger partial charge is 0.493 e. The third-order valence-electron chi connectivity index (χ3n) is 4.88. The summed E-state index contributed by atoms with van der Waals surface area (Å²) in [4.78, 5) is 36.6. The van der Waals surface area contributed by atoms with Crippen molar-refractivity contribution in [3.8, 4) is 11.5 Å². The highest BCUT2D eigenvalue weighted by molar-refractivity contribution is 6.39. The molecule has 0 unspecified atom stereocenters. The number of para-hydroxylation sites is 1. The molecular formula is C26H25N3O5. The van der Waals surface area contributed by atoms with Crippen LogP contribution in [-0.4, -0.2) is 31.1 Å². The molecule has 3 aromatic carbocycles. The third-order valence-corrected chi connectivity index (χ3v) is 4.88. The molecule has 8 nitrogen and oxygen atoms in total. The molecule has 0 aliphatic heterocycles. The number of anilines is 1. The van der Waals surface area contributed by atoms with Crippen LogP contribution in [0.5, 0.6) is 11.5 Å². The number of esters is 1. The van der Waals surface area contributed by atoms with E-state index in [1.54, 1.807) is 48.5 Å². The molecule has 0 spiro atoms. The number of carbonyl (C=O) groups excluding carboxylic acids is 3. The molecule has 0 aliphatic carbocycles. The number of aryl methyl sites for hydroxylation is 2. The average Bonchev–Trinajstić information content (AvgIpc) is 2.85. The van der Waals surface area contributed by atoms with Crippen molar-refractivity contribution in [2.45, 2.75) is 20.3 Å². The zero-order valence-electron chi connectivity index (χ0n) is 19.1. The Balaban J connectivity index is 1.62. The molecule has 0 aliphatic rings. The number of methoxy groups -OCH3 is 1. The molecule has 0 bridgehead atoms. The number of nitrogens with one attached hydrogen (secondary N) is 2. The summed E-state index contributed by atoms with van der Waals surface area (Å²) >= 11 is 0. The quantitative estimate of drug-likeness (QED) is 0.183. The lowest BCUT2D eigenvalue weighted by Gasteiger charge is -2.10. The molecule has 0 radical (unpaired) electrons. The summed E-state index contributed by atoms with van der Waals surface area (Å²) in [5.74, 6) is -1.69. The van der Waals surface area contributed by atoms with Gasteiger partial charge >= 0.3 is 17.8 Å². The summed E-state index contributed by atoms with van der Waals surface area (Å²) in [7, 11) is 1.44. The second-order valence-electron chi connectivity index (χ2n) is 7.33. The predicted octanol–water partition coefficient (Wildman–Crippen LogP) is 3.87.